The van der Waals surface area contributed by atoms with Crippen LogP contribution in [0.5, 0.6) is 0 Å². The molecule has 1 amide bonds. The molecule has 0 unspecified atom stereocenters. The Labute approximate surface area is 153 Å². The number of aromatic nitrogens is 3. The molecule has 0 aromatic carbocycles. The van der Waals surface area contributed by atoms with Crippen molar-refractivity contribution in [3.05, 3.63) is 11.9 Å². The third-order valence-electron chi connectivity index (χ3n) is 2.80. The van der Waals surface area contributed by atoms with Gasteiger partial charge in [-0.3, -0.25) is 4.79 Å². The predicted molar refractivity (Wildman–Crippen MR) is 92.1 cm³/mol. The Morgan fingerprint density at radius 2 is 1.73 bits per heavy atom. The Morgan fingerprint density at radius 1 is 1.12 bits per heavy atom. The molecule has 0 saturated heterocycles. The molecule has 0 saturated carbocycles. The number of amides is 1. The number of rotatable bonds is 13. The van der Waals surface area contributed by atoms with Crippen molar-refractivity contribution in [1.29, 1.82) is 0 Å². The summed E-state index contributed by atoms with van der Waals surface area (Å²) in [4.78, 5) is 21.8. The van der Waals surface area contributed by atoms with Gasteiger partial charge in [-0.2, -0.15) is 0 Å². The molecular formula is C16H28N4O6. The smallest absolute Gasteiger partial charge is 0.407 e. The monoisotopic (exact) mass is 372 g/mol. The first-order chi connectivity index (χ1) is 12.4. The van der Waals surface area contributed by atoms with Crippen molar-refractivity contribution in [3.63, 3.8) is 0 Å². The van der Waals surface area contributed by atoms with Crippen molar-refractivity contribution >= 4 is 12.4 Å². The van der Waals surface area contributed by atoms with Gasteiger partial charge in [-0.25, -0.2) is 9.48 Å². The molecule has 0 fully saturated rings. The van der Waals surface area contributed by atoms with Crippen LogP contribution < -0.4 is 5.32 Å². The molecule has 1 rings (SSSR count). The van der Waals surface area contributed by atoms with Crippen molar-refractivity contribution in [1.82, 2.24) is 20.3 Å². The van der Waals surface area contributed by atoms with Gasteiger partial charge in [0.05, 0.1) is 52.4 Å². The fraction of sp³-hybridized carbons (Fsp3) is 0.750. The van der Waals surface area contributed by atoms with Gasteiger partial charge in [-0.15, -0.1) is 5.10 Å². The number of nitrogens with one attached hydrogen (secondary N) is 1. The average molecular weight is 372 g/mol. The van der Waals surface area contributed by atoms with E-state index < -0.39 is 11.7 Å². The summed E-state index contributed by atoms with van der Waals surface area (Å²) < 4.78 is 22.7. The van der Waals surface area contributed by atoms with Crippen LogP contribution in [0.15, 0.2) is 6.20 Å². The van der Waals surface area contributed by atoms with Crippen molar-refractivity contribution in [2.24, 2.45) is 0 Å². The van der Waals surface area contributed by atoms with Gasteiger partial charge in [0.1, 0.15) is 11.3 Å². The summed E-state index contributed by atoms with van der Waals surface area (Å²) in [6, 6.07) is 0. The Balaban J connectivity index is 1.83. The minimum absolute atomic E-state index is 0.301. The maximum Gasteiger partial charge on any atom is 0.407 e. The van der Waals surface area contributed by atoms with Crippen LogP contribution in [-0.2, 0) is 25.5 Å². The molecule has 0 atom stereocenters. The molecule has 0 radical (unpaired) electrons. The van der Waals surface area contributed by atoms with E-state index in [-0.39, 0.29) is 0 Å². The summed E-state index contributed by atoms with van der Waals surface area (Å²) >= 11 is 0. The molecule has 10 nitrogen and oxygen atoms in total. The molecule has 0 bridgehead atoms. The number of aldehydes is 1. The number of ether oxygens (including phenoxy) is 4. The van der Waals surface area contributed by atoms with Crippen LogP contribution in [0.1, 0.15) is 31.3 Å². The maximum atomic E-state index is 11.4. The molecule has 1 N–H and O–H groups in total. The molecular weight excluding hydrogens is 344 g/mol. The van der Waals surface area contributed by atoms with Crippen LogP contribution in [-0.4, -0.2) is 79.2 Å². The van der Waals surface area contributed by atoms with Crippen molar-refractivity contribution in [2.75, 3.05) is 46.2 Å². The third kappa shape index (κ3) is 11.5. The predicted octanol–water partition coefficient (Wildman–Crippen LogP) is 0.665. The van der Waals surface area contributed by atoms with Crippen LogP contribution in [0.25, 0.3) is 0 Å². The highest BCUT2D eigenvalue weighted by Gasteiger charge is 2.15. The Hall–Kier alpha value is -2.04. The quantitative estimate of drug-likeness (QED) is 0.397. The maximum absolute atomic E-state index is 11.4. The van der Waals surface area contributed by atoms with Crippen LogP contribution in [0, 0.1) is 0 Å². The molecule has 26 heavy (non-hydrogen) atoms. The standard InChI is InChI=1S/C16H28N4O6/c1-16(2,3)26-15(22)17-4-6-23-8-10-25-11-9-24-7-5-20-12-14(13-21)18-19-20/h12-13H,4-11H2,1-3H3,(H,17,22). The van der Waals surface area contributed by atoms with E-state index in [9.17, 15) is 9.59 Å². The normalized spacial score (nSPS) is 11.3. The van der Waals surface area contributed by atoms with E-state index in [1.54, 1.807) is 10.9 Å². The molecule has 0 aliphatic carbocycles. The topological polar surface area (TPSA) is 114 Å². The molecule has 0 spiro atoms. The van der Waals surface area contributed by atoms with E-state index in [1.165, 1.54) is 0 Å². The largest absolute Gasteiger partial charge is 0.444 e. The van der Waals surface area contributed by atoms with E-state index in [2.05, 4.69) is 15.6 Å². The fourth-order valence-corrected chi connectivity index (χ4v) is 1.72. The first-order valence-corrected chi connectivity index (χ1v) is 8.46. The summed E-state index contributed by atoms with van der Waals surface area (Å²) in [7, 11) is 0. The summed E-state index contributed by atoms with van der Waals surface area (Å²) in [5.74, 6) is 0. The molecule has 10 heteroatoms. The van der Waals surface area contributed by atoms with Gasteiger partial charge in [0.25, 0.3) is 0 Å². The summed E-state index contributed by atoms with van der Waals surface area (Å²) in [5, 5.41) is 10.0. The Bertz CT molecular complexity index is 529. The lowest BCUT2D eigenvalue weighted by Gasteiger charge is -2.19. The minimum Gasteiger partial charge on any atom is -0.444 e. The van der Waals surface area contributed by atoms with Gasteiger partial charge in [-0.1, -0.05) is 5.21 Å². The number of hydrogen-bond acceptors (Lipinski definition) is 8. The van der Waals surface area contributed by atoms with Crippen LogP contribution in [0.3, 0.4) is 0 Å². The van der Waals surface area contributed by atoms with Crippen molar-refractivity contribution in [3.8, 4) is 0 Å². The zero-order chi connectivity index (χ0) is 19.3. The zero-order valence-electron chi connectivity index (χ0n) is 15.6. The molecule has 0 aliphatic heterocycles. The molecule has 1 aromatic heterocycles. The summed E-state index contributed by atoms with van der Waals surface area (Å²) in [5.41, 5.74) is -0.205. The lowest BCUT2D eigenvalue weighted by atomic mass is 10.2. The van der Waals surface area contributed by atoms with Crippen molar-refractivity contribution in [2.45, 2.75) is 32.9 Å². The van der Waals surface area contributed by atoms with Crippen LogP contribution in [0.2, 0.25) is 0 Å². The second-order valence-electron chi connectivity index (χ2n) is 6.29. The third-order valence-corrected chi connectivity index (χ3v) is 2.80. The average Bonchev–Trinajstić information content (AvgIpc) is 3.02. The van der Waals surface area contributed by atoms with E-state index in [4.69, 9.17) is 18.9 Å². The molecule has 1 aromatic rings. The van der Waals surface area contributed by atoms with Gasteiger partial charge in [0.15, 0.2) is 6.29 Å². The van der Waals surface area contributed by atoms with Crippen LogP contribution in [0.4, 0.5) is 4.79 Å². The van der Waals surface area contributed by atoms with E-state index in [1.807, 2.05) is 20.8 Å². The van der Waals surface area contributed by atoms with Gasteiger partial charge in [0, 0.05) is 6.54 Å². The van der Waals surface area contributed by atoms with Crippen molar-refractivity contribution < 1.29 is 28.5 Å². The number of nitrogens with zero attached hydrogens (tertiary/aromatic N) is 3. The number of carbonyl (C=O) groups excluding carboxylic acids is 2. The lowest BCUT2D eigenvalue weighted by molar-refractivity contribution is 0.0122. The molecule has 1 heterocycles. The number of alkyl carbamates (subject to hydrolysis) is 1. The Kier molecular flexibility index (Phi) is 10.4. The lowest BCUT2D eigenvalue weighted by Crippen LogP contribution is -2.34. The second kappa shape index (κ2) is 12.3. The highest BCUT2D eigenvalue weighted by Crippen LogP contribution is 2.05. The SMILES string of the molecule is CC(C)(C)OC(=O)NCCOCCOCCOCCn1cc(C=O)nn1. The highest BCUT2D eigenvalue weighted by atomic mass is 16.6. The molecule has 148 valence electrons. The van der Waals surface area contributed by atoms with E-state index >= 15 is 0 Å². The highest BCUT2D eigenvalue weighted by molar-refractivity contribution is 5.70. The van der Waals surface area contributed by atoms with Gasteiger partial charge in [-0.05, 0) is 20.8 Å². The van der Waals surface area contributed by atoms with E-state index in [0.29, 0.717) is 64.7 Å². The number of carbonyl (C=O) groups is 2. The summed E-state index contributed by atoms with van der Waals surface area (Å²) in [6.07, 6.45) is 1.75. The number of hydrogen-bond donors (Lipinski definition) is 1. The first kappa shape index (κ1) is 22.0. The Morgan fingerprint density at radius 3 is 2.31 bits per heavy atom. The first-order valence-electron chi connectivity index (χ1n) is 8.46. The second-order valence-corrected chi connectivity index (χ2v) is 6.29. The summed E-state index contributed by atoms with van der Waals surface area (Å²) in [6.45, 7) is 8.96. The van der Waals surface area contributed by atoms with Gasteiger partial charge >= 0.3 is 6.09 Å². The fourth-order valence-electron chi connectivity index (χ4n) is 1.72. The van der Waals surface area contributed by atoms with Gasteiger partial charge in [0.2, 0.25) is 0 Å². The van der Waals surface area contributed by atoms with E-state index in [0.717, 1.165) is 0 Å². The minimum atomic E-state index is -0.505. The molecule has 0 aliphatic rings. The van der Waals surface area contributed by atoms with Gasteiger partial charge < -0.3 is 24.3 Å². The zero-order valence-corrected chi connectivity index (χ0v) is 15.6. The van der Waals surface area contributed by atoms with Crippen LogP contribution >= 0.6 is 0 Å².